The van der Waals surface area contributed by atoms with Crippen molar-refractivity contribution in [3.63, 3.8) is 0 Å². The Morgan fingerprint density at radius 2 is 1.87 bits per heavy atom. The number of aliphatic imine (C=N–C) groups is 1. The number of rotatable bonds is 8. The van der Waals surface area contributed by atoms with Crippen LogP contribution in [0.1, 0.15) is 47.1 Å². The number of carbonyl (C=O) groups is 1. The first-order valence-electron chi connectivity index (χ1n) is 9.38. The molecule has 0 aliphatic heterocycles. The molecule has 1 aromatic carbocycles. The highest BCUT2D eigenvalue weighted by Gasteiger charge is 2.26. The largest absolute Gasteiger partial charge is 0.463 e. The highest BCUT2D eigenvalue weighted by atomic mass is 19.2. The number of hydrogen-bond acceptors (Lipinski definition) is 3. The number of amidine groups is 1. The predicted molar refractivity (Wildman–Crippen MR) is 116 cm³/mol. The van der Waals surface area contributed by atoms with E-state index < -0.39 is 23.1 Å². The summed E-state index contributed by atoms with van der Waals surface area (Å²) in [4.78, 5) is 17.0. The zero-order valence-electron chi connectivity index (χ0n) is 18.3. The van der Waals surface area contributed by atoms with Crippen molar-refractivity contribution in [1.82, 2.24) is 5.32 Å². The molecule has 0 heterocycles. The van der Waals surface area contributed by atoms with E-state index >= 15 is 0 Å². The second-order valence-electron chi connectivity index (χ2n) is 7.27. The maximum absolute atomic E-state index is 13.6. The standard InChI is InChI=1S/C23H29F2N3O2/c1-8-12-30-19(9-2)20(14(3)4)27-21(26)15(5)22(29)28-23(6,7)16-10-11-17(24)18(25)13-16/h8-13H,5H2,1-4,6-7H3,(H2,26,27)(H,28,29)/b12-8-,19-9-. The molecular formula is C23H29F2N3O2. The second-order valence-corrected chi connectivity index (χ2v) is 7.27. The number of nitrogens with one attached hydrogen (secondary N) is 1. The zero-order valence-corrected chi connectivity index (χ0v) is 18.3. The molecule has 0 spiro atoms. The average Bonchev–Trinajstić information content (AvgIpc) is 2.68. The molecule has 0 bridgehead atoms. The highest BCUT2D eigenvalue weighted by Crippen LogP contribution is 2.23. The van der Waals surface area contributed by atoms with Gasteiger partial charge in [-0.25, -0.2) is 13.8 Å². The van der Waals surface area contributed by atoms with Crippen molar-refractivity contribution >= 4 is 11.7 Å². The van der Waals surface area contributed by atoms with Crippen molar-refractivity contribution in [3.8, 4) is 0 Å². The lowest BCUT2D eigenvalue weighted by Gasteiger charge is -2.27. The van der Waals surface area contributed by atoms with Gasteiger partial charge >= 0.3 is 0 Å². The van der Waals surface area contributed by atoms with Crippen LogP contribution in [0.5, 0.6) is 0 Å². The first-order chi connectivity index (χ1) is 13.9. The number of benzene rings is 1. The quantitative estimate of drug-likeness (QED) is 0.206. The summed E-state index contributed by atoms with van der Waals surface area (Å²) in [6.45, 7) is 14.3. The summed E-state index contributed by atoms with van der Waals surface area (Å²) < 4.78 is 32.3. The van der Waals surface area contributed by atoms with E-state index in [0.717, 1.165) is 17.7 Å². The fourth-order valence-corrected chi connectivity index (χ4v) is 2.44. The molecule has 1 rings (SSSR count). The molecule has 0 atom stereocenters. The van der Waals surface area contributed by atoms with Gasteiger partial charge in [0.05, 0.1) is 17.4 Å². The van der Waals surface area contributed by atoms with Gasteiger partial charge in [-0.1, -0.05) is 18.7 Å². The van der Waals surface area contributed by atoms with E-state index in [0.29, 0.717) is 17.0 Å². The fourth-order valence-electron chi connectivity index (χ4n) is 2.44. The molecule has 0 saturated carbocycles. The number of nitrogens with two attached hydrogens (primary N) is 1. The van der Waals surface area contributed by atoms with Gasteiger partial charge in [0, 0.05) is 0 Å². The summed E-state index contributed by atoms with van der Waals surface area (Å²) in [7, 11) is 0. The van der Waals surface area contributed by atoms with Gasteiger partial charge in [0.1, 0.15) is 17.3 Å². The summed E-state index contributed by atoms with van der Waals surface area (Å²) in [5.74, 6) is -2.16. The Labute approximate surface area is 176 Å². The molecule has 0 saturated heterocycles. The first kappa shape index (κ1) is 24.8. The van der Waals surface area contributed by atoms with E-state index in [-0.39, 0.29) is 11.4 Å². The number of halogens is 2. The number of amides is 1. The molecule has 162 valence electrons. The topological polar surface area (TPSA) is 76.7 Å². The van der Waals surface area contributed by atoms with Crippen LogP contribution < -0.4 is 11.1 Å². The molecule has 1 amide bonds. The van der Waals surface area contributed by atoms with Crippen molar-refractivity contribution < 1.29 is 18.3 Å². The summed E-state index contributed by atoms with van der Waals surface area (Å²) in [6.07, 6.45) is 4.97. The molecule has 5 nitrogen and oxygen atoms in total. The van der Waals surface area contributed by atoms with Crippen LogP contribution in [-0.4, -0.2) is 11.7 Å². The third-order valence-electron chi connectivity index (χ3n) is 4.18. The maximum atomic E-state index is 13.6. The van der Waals surface area contributed by atoms with Crippen LogP contribution in [0.4, 0.5) is 8.78 Å². The van der Waals surface area contributed by atoms with Gasteiger partial charge in [-0.05, 0) is 70.9 Å². The molecule has 0 aromatic heterocycles. The van der Waals surface area contributed by atoms with Gasteiger partial charge in [-0.15, -0.1) is 0 Å². The van der Waals surface area contributed by atoms with Crippen LogP contribution in [0.2, 0.25) is 0 Å². The molecule has 0 radical (unpaired) electrons. The average molecular weight is 418 g/mol. The van der Waals surface area contributed by atoms with Crippen molar-refractivity contribution in [2.75, 3.05) is 0 Å². The number of allylic oxidation sites excluding steroid dienone is 3. The third kappa shape index (κ3) is 6.40. The second kappa shape index (κ2) is 10.5. The van der Waals surface area contributed by atoms with E-state index in [1.165, 1.54) is 12.3 Å². The molecule has 0 aliphatic rings. The molecule has 0 fully saturated rings. The van der Waals surface area contributed by atoms with Crippen molar-refractivity contribution in [2.45, 2.75) is 47.1 Å². The van der Waals surface area contributed by atoms with E-state index in [2.05, 4.69) is 16.9 Å². The van der Waals surface area contributed by atoms with E-state index in [1.807, 2.05) is 20.8 Å². The van der Waals surface area contributed by atoms with Crippen molar-refractivity contribution in [1.29, 1.82) is 0 Å². The minimum atomic E-state index is -1.00. The van der Waals surface area contributed by atoms with Crippen LogP contribution >= 0.6 is 0 Å². The fraction of sp³-hybridized carbons (Fsp3) is 0.304. The number of ether oxygens (including phenoxy) is 1. The number of hydrogen-bond donors (Lipinski definition) is 2. The Kier molecular flexibility index (Phi) is 8.71. The van der Waals surface area contributed by atoms with Gasteiger partial charge in [0.2, 0.25) is 0 Å². The van der Waals surface area contributed by atoms with Gasteiger partial charge in [-0.2, -0.15) is 0 Å². The lowest BCUT2D eigenvalue weighted by molar-refractivity contribution is -0.118. The van der Waals surface area contributed by atoms with Gasteiger partial charge in [0.15, 0.2) is 11.6 Å². The Hall–Kier alpha value is -3.22. The molecule has 30 heavy (non-hydrogen) atoms. The molecule has 7 heteroatoms. The summed E-state index contributed by atoms with van der Waals surface area (Å²) in [5.41, 5.74) is 6.65. The molecular weight excluding hydrogens is 388 g/mol. The van der Waals surface area contributed by atoms with E-state index in [1.54, 1.807) is 32.9 Å². The van der Waals surface area contributed by atoms with Crippen LogP contribution in [0, 0.1) is 11.6 Å². The Morgan fingerprint density at radius 1 is 1.23 bits per heavy atom. The Balaban J connectivity index is 3.11. The van der Waals surface area contributed by atoms with Gasteiger partial charge in [-0.3, -0.25) is 4.79 Å². The zero-order chi connectivity index (χ0) is 23.1. The normalized spacial score (nSPS) is 12.7. The lowest BCUT2D eigenvalue weighted by Crippen LogP contribution is -2.43. The molecule has 1 aromatic rings. The van der Waals surface area contributed by atoms with Crippen LogP contribution in [0.3, 0.4) is 0 Å². The van der Waals surface area contributed by atoms with E-state index in [4.69, 9.17) is 10.5 Å². The Bertz CT molecular complexity index is 938. The minimum absolute atomic E-state index is 0.0640. The number of carbonyl (C=O) groups excluding carboxylic acids is 1. The van der Waals surface area contributed by atoms with E-state index in [9.17, 15) is 13.6 Å². The lowest BCUT2D eigenvalue weighted by atomic mass is 9.93. The SMILES string of the molecule is C=C(C(=O)NC(C)(C)c1ccc(F)c(F)c1)C(N)=NC(=C(C)C)/C(=C/C)O/C=C\C. The summed E-state index contributed by atoms with van der Waals surface area (Å²) in [6, 6.07) is 3.44. The Morgan fingerprint density at radius 3 is 2.37 bits per heavy atom. The number of nitrogens with zero attached hydrogens (tertiary/aromatic N) is 1. The monoisotopic (exact) mass is 417 g/mol. The predicted octanol–water partition coefficient (Wildman–Crippen LogP) is 4.98. The van der Waals surface area contributed by atoms with Crippen LogP contribution in [0.25, 0.3) is 0 Å². The third-order valence-corrected chi connectivity index (χ3v) is 4.18. The first-order valence-corrected chi connectivity index (χ1v) is 9.38. The van der Waals surface area contributed by atoms with Crippen LogP contribution in [-0.2, 0) is 15.1 Å². The minimum Gasteiger partial charge on any atom is -0.463 e. The molecule has 0 aliphatic carbocycles. The van der Waals surface area contributed by atoms with Gasteiger partial charge < -0.3 is 15.8 Å². The smallest absolute Gasteiger partial charge is 0.255 e. The maximum Gasteiger partial charge on any atom is 0.255 e. The van der Waals surface area contributed by atoms with Crippen molar-refractivity contribution in [2.24, 2.45) is 10.7 Å². The summed E-state index contributed by atoms with van der Waals surface area (Å²) >= 11 is 0. The summed E-state index contributed by atoms with van der Waals surface area (Å²) in [5, 5.41) is 2.72. The highest BCUT2D eigenvalue weighted by molar-refractivity contribution is 6.20. The van der Waals surface area contributed by atoms with Crippen molar-refractivity contribution in [3.05, 3.63) is 83.0 Å². The molecule has 3 N–H and O–H groups in total. The van der Waals surface area contributed by atoms with Crippen LogP contribution in [0.15, 0.2) is 70.8 Å². The van der Waals surface area contributed by atoms with Gasteiger partial charge in [0.25, 0.3) is 5.91 Å². The molecule has 0 unspecified atom stereocenters.